The van der Waals surface area contributed by atoms with Gasteiger partial charge in [0, 0.05) is 12.6 Å². The molecule has 0 radical (unpaired) electrons. The van der Waals surface area contributed by atoms with Gasteiger partial charge in [-0.2, -0.15) is 0 Å². The van der Waals surface area contributed by atoms with E-state index in [0.29, 0.717) is 11.4 Å². The zero-order valence-corrected chi connectivity index (χ0v) is 14.5. The first-order valence-electron chi connectivity index (χ1n) is 7.49. The van der Waals surface area contributed by atoms with Crippen LogP contribution in [0.3, 0.4) is 0 Å². The van der Waals surface area contributed by atoms with Crippen LogP contribution >= 0.6 is 0 Å². The van der Waals surface area contributed by atoms with E-state index in [4.69, 9.17) is 0 Å². The van der Waals surface area contributed by atoms with E-state index in [9.17, 15) is 8.42 Å². The second-order valence-corrected chi connectivity index (χ2v) is 8.40. The number of benzene rings is 1. The van der Waals surface area contributed by atoms with Gasteiger partial charge in [0.05, 0.1) is 4.90 Å². The lowest BCUT2D eigenvalue weighted by Gasteiger charge is -2.19. The molecule has 1 unspecified atom stereocenters. The molecule has 0 amide bonds. The third-order valence-electron chi connectivity index (χ3n) is 3.18. The summed E-state index contributed by atoms with van der Waals surface area (Å²) in [7, 11) is -3.42. The first kappa shape index (κ1) is 18.1. The molecular weight excluding hydrogens is 284 g/mol. The summed E-state index contributed by atoms with van der Waals surface area (Å²) in [6.07, 6.45) is 1.08. The summed E-state index contributed by atoms with van der Waals surface area (Å²) in [5, 5.41) is 3.39. The Morgan fingerprint density at radius 3 is 2.19 bits per heavy atom. The zero-order valence-electron chi connectivity index (χ0n) is 13.7. The quantitative estimate of drug-likeness (QED) is 0.813. The average molecular weight is 312 g/mol. The maximum Gasteiger partial charge on any atom is 0.240 e. The van der Waals surface area contributed by atoms with Crippen molar-refractivity contribution in [2.75, 3.05) is 13.1 Å². The highest BCUT2D eigenvalue weighted by Crippen LogP contribution is 2.17. The first-order valence-corrected chi connectivity index (χ1v) is 8.97. The lowest BCUT2D eigenvalue weighted by molar-refractivity contribution is 0.407. The van der Waals surface area contributed by atoms with E-state index >= 15 is 0 Å². The van der Waals surface area contributed by atoms with E-state index < -0.39 is 10.0 Å². The molecule has 21 heavy (non-hydrogen) atoms. The molecular formula is C16H28N2O2S. The highest BCUT2D eigenvalue weighted by atomic mass is 32.2. The predicted octanol–water partition coefficient (Wildman–Crippen LogP) is 3.07. The normalized spacial score (nSPS) is 14.1. The van der Waals surface area contributed by atoms with E-state index in [0.717, 1.165) is 18.5 Å². The van der Waals surface area contributed by atoms with Crippen LogP contribution in [0.15, 0.2) is 29.2 Å². The molecule has 0 aromatic heterocycles. The predicted molar refractivity (Wildman–Crippen MR) is 87.8 cm³/mol. The molecule has 0 fully saturated rings. The Morgan fingerprint density at radius 1 is 1.14 bits per heavy atom. The van der Waals surface area contributed by atoms with Gasteiger partial charge >= 0.3 is 0 Å². The van der Waals surface area contributed by atoms with E-state index in [1.165, 1.54) is 0 Å². The molecule has 0 saturated carbocycles. The molecule has 0 saturated heterocycles. The van der Waals surface area contributed by atoms with Crippen LogP contribution in [0, 0.1) is 5.41 Å². The number of sulfonamides is 1. The molecule has 1 aromatic carbocycles. The van der Waals surface area contributed by atoms with Crippen molar-refractivity contribution in [3.8, 4) is 0 Å². The van der Waals surface area contributed by atoms with Crippen molar-refractivity contribution in [1.29, 1.82) is 0 Å². The number of hydrogen-bond donors (Lipinski definition) is 2. The molecule has 1 atom stereocenters. The van der Waals surface area contributed by atoms with Crippen LogP contribution in [0.2, 0.25) is 0 Å². The Labute approximate surface area is 129 Å². The number of nitrogens with one attached hydrogen (secondary N) is 2. The van der Waals surface area contributed by atoms with Crippen LogP contribution in [-0.4, -0.2) is 21.5 Å². The minimum atomic E-state index is -3.42. The van der Waals surface area contributed by atoms with Crippen LogP contribution in [0.5, 0.6) is 0 Å². The summed E-state index contributed by atoms with van der Waals surface area (Å²) in [5.74, 6) is 0. The van der Waals surface area contributed by atoms with Gasteiger partial charge < -0.3 is 5.32 Å². The number of hydrogen-bond acceptors (Lipinski definition) is 3. The van der Waals surface area contributed by atoms with Crippen LogP contribution < -0.4 is 10.0 Å². The Kier molecular flexibility index (Phi) is 6.38. The maximum absolute atomic E-state index is 12.2. The molecule has 0 heterocycles. The second kappa shape index (κ2) is 7.38. The molecule has 0 aliphatic rings. The Balaban J connectivity index is 2.77. The summed E-state index contributed by atoms with van der Waals surface area (Å²) in [6.45, 7) is 11.6. The van der Waals surface area contributed by atoms with E-state index in [-0.39, 0.29) is 11.5 Å². The molecule has 5 heteroatoms. The largest absolute Gasteiger partial charge is 0.310 e. The van der Waals surface area contributed by atoms with E-state index in [1.807, 2.05) is 32.9 Å². The monoisotopic (exact) mass is 312 g/mol. The Morgan fingerprint density at radius 2 is 1.71 bits per heavy atom. The van der Waals surface area contributed by atoms with Gasteiger partial charge in [0.1, 0.15) is 0 Å². The van der Waals surface area contributed by atoms with Crippen molar-refractivity contribution in [1.82, 2.24) is 10.0 Å². The number of rotatable bonds is 7. The average Bonchev–Trinajstić information content (AvgIpc) is 2.42. The van der Waals surface area contributed by atoms with E-state index in [1.54, 1.807) is 12.1 Å². The van der Waals surface area contributed by atoms with Crippen LogP contribution in [0.25, 0.3) is 0 Å². The molecule has 0 aliphatic heterocycles. The lowest BCUT2D eigenvalue weighted by Crippen LogP contribution is -2.32. The Bertz CT molecular complexity index is 530. The minimum Gasteiger partial charge on any atom is -0.310 e. The van der Waals surface area contributed by atoms with Gasteiger partial charge in [0.2, 0.25) is 10.0 Å². The molecule has 4 nitrogen and oxygen atoms in total. The molecule has 2 N–H and O–H groups in total. The minimum absolute atomic E-state index is 0.0778. The molecule has 0 spiro atoms. The van der Waals surface area contributed by atoms with Gasteiger partial charge in [-0.1, -0.05) is 39.8 Å². The highest BCUT2D eigenvalue weighted by Gasteiger charge is 2.18. The summed E-state index contributed by atoms with van der Waals surface area (Å²) < 4.78 is 27.1. The highest BCUT2D eigenvalue weighted by molar-refractivity contribution is 7.89. The summed E-state index contributed by atoms with van der Waals surface area (Å²) in [6, 6.07) is 7.32. The van der Waals surface area contributed by atoms with Gasteiger partial charge in [0.15, 0.2) is 0 Å². The van der Waals surface area contributed by atoms with Crippen molar-refractivity contribution >= 4 is 10.0 Å². The third kappa shape index (κ3) is 6.16. The van der Waals surface area contributed by atoms with Crippen LogP contribution in [0.1, 0.15) is 52.6 Å². The first-order chi connectivity index (χ1) is 9.65. The van der Waals surface area contributed by atoms with Gasteiger partial charge in [-0.05, 0) is 43.0 Å². The third-order valence-corrected chi connectivity index (χ3v) is 4.60. The maximum atomic E-state index is 12.2. The second-order valence-electron chi connectivity index (χ2n) is 6.63. The fourth-order valence-electron chi connectivity index (χ4n) is 1.81. The standard InChI is InChI=1S/C16H28N2O2S/c1-6-11-17-13(2)14-7-9-15(10-8-14)21(19,20)18-12-16(3,4)5/h7-10,13,17-18H,6,11-12H2,1-5H3. The lowest BCUT2D eigenvalue weighted by atomic mass is 9.98. The molecule has 120 valence electrons. The van der Waals surface area contributed by atoms with Crippen molar-refractivity contribution in [3.05, 3.63) is 29.8 Å². The SMILES string of the molecule is CCCNC(C)c1ccc(S(=O)(=O)NCC(C)(C)C)cc1. The zero-order chi connectivity index (χ0) is 16.1. The molecule has 0 aliphatic carbocycles. The molecule has 1 rings (SSSR count). The molecule has 0 bridgehead atoms. The van der Waals surface area contributed by atoms with Crippen molar-refractivity contribution in [3.63, 3.8) is 0 Å². The van der Waals surface area contributed by atoms with Gasteiger partial charge in [0.25, 0.3) is 0 Å². The summed E-state index contributed by atoms with van der Waals surface area (Å²) >= 11 is 0. The topological polar surface area (TPSA) is 58.2 Å². The van der Waals surface area contributed by atoms with Gasteiger partial charge in [-0.3, -0.25) is 0 Å². The fraction of sp³-hybridized carbons (Fsp3) is 0.625. The molecule has 1 aromatic rings. The summed E-state index contributed by atoms with van der Waals surface area (Å²) in [4.78, 5) is 0.318. The van der Waals surface area contributed by atoms with Crippen molar-refractivity contribution in [2.45, 2.75) is 52.0 Å². The Hall–Kier alpha value is -0.910. The fourth-order valence-corrected chi connectivity index (χ4v) is 3.09. The van der Waals surface area contributed by atoms with Gasteiger partial charge in [-0.25, -0.2) is 13.1 Å². The van der Waals surface area contributed by atoms with E-state index in [2.05, 4.69) is 23.9 Å². The smallest absolute Gasteiger partial charge is 0.240 e. The van der Waals surface area contributed by atoms with Crippen molar-refractivity contribution in [2.24, 2.45) is 5.41 Å². The van der Waals surface area contributed by atoms with Crippen molar-refractivity contribution < 1.29 is 8.42 Å². The van der Waals surface area contributed by atoms with Crippen LogP contribution in [0.4, 0.5) is 0 Å². The summed E-state index contributed by atoms with van der Waals surface area (Å²) in [5.41, 5.74) is 1.02. The van der Waals surface area contributed by atoms with Crippen LogP contribution in [-0.2, 0) is 10.0 Å². The van der Waals surface area contributed by atoms with Gasteiger partial charge in [-0.15, -0.1) is 0 Å².